The average molecular weight is 403 g/mol. The molecule has 0 unspecified atom stereocenters. The molecule has 0 spiro atoms. The van der Waals surface area contributed by atoms with Gasteiger partial charge in [0.2, 0.25) is 5.95 Å². The lowest BCUT2D eigenvalue weighted by atomic mass is 9.98. The van der Waals surface area contributed by atoms with Crippen LogP contribution >= 0.6 is 0 Å². The minimum atomic E-state index is 0.510. The van der Waals surface area contributed by atoms with Gasteiger partial charge in [-0.25, -0.2) is 4.98 Å². The van der Waals surface area contributed by atoms with Gasteiger partial charge in [-0.05, 0) is 42.6 Å². The summed E-state index contributed by atoms with van der Waals surface area (Å²) in [5.74, 6) is 1.38. The molecule has 7 nitrogen and oxygen atoms in total. The number of rotatable bonds is 7. The Kier molecular flexibility index (Phi) is 6.79. The maximum atomic E-state index is 6.17. The number of piperazine rings is 1. The minimum Gasteiger partial charge on any atom is -0.427 e. The van der Waals surface area contributed by atoms with Crippen molar-refractivity contribution in [3.8, 4) is 0 Å². The van der Waals surface area contributed by atoms with Crippen LogP contribution in [0.3, 0.4) is 0 Å². The smallest absolute Gasteiger partial charge is 0.398 e. The van der Waals surface area contributed by atoms with Crippen LogP contribution in [0.25, 0.3) is 0 Å². The number of hydrogen-bond acceptors (Lipinski definition) is 7. The van der Waals surface area contributed by atoms with Crippen molar-refractivity contribution in [2.24, 2.45) is 0 Å². The fourth-order valence-electron chi connectivity index (χ4n) is 4.31. The normalized spacial score (nSPS) is 17.9. The van der Waals surface area contributed by atoms with E-state index in [0.29, 0.717) is 17.5 Å². The second-order valence-electron chi connectivity index (χ2n) is 8.06. The molecule has 155 valence electrons. The van der Waals surface area contributed by atoms with E-state index in [1.165, 1.54) is 31.4 Å². The van der Waals surface area contributed by atoms with Crippen molar-refractivity contribution < 1.29 is 4.65 Å². The Morgan fingerprint density at radius 2 is 1.83 bits per heavy atom. The van der Waals surface area contributed by atoms with Gasteiger partial charge in [0.1, 0.15) is 13.7 Å². The van der Waals surface area contributed by atoms with Gasteiger partial charge in [0.15, 0.2) is 0 Å². The van der Waals surface area contributed by atoms with Crippen molar-refractivity contribution in [1.82, 2.24) is 14.8 Å². The van der Waals surface area contributed by atoms with Crippen LogP contribution < -0.4 is 20.6 Å². The molecule has 2 heterocycles. The summed E-state index contributed by atoms with van der Waals surface area (Å²) in [6.07, 6.45) is 6.64. The Bertz CT molecular complexity index is 823. The molecule has 0 atom stereocenters. The third-order valence-electron chi connectivity index (χ3n) is 6.06. The van der Waals surface area contributed by atoms with Crippen LogP contribution in [-0.4, -0.2) is 76.6 Å². The van der Waals surface area contributed by atoms with Crippen LogP contribution in [0.5, 0.6) is 0 Å². The lowest BCUT2D eigenvalue weighted by Gasteiger charge is -2.35. The largest absolute Gasteiger partial charge is 0.427 e. The zero-order chi connectivity index (χ0) is 20.9. The van der Waals surface area contributed by atoms with Crippen molar-refractivity contribution in [1.29, 1.82) is 0 Å². The summed E-state index contributed by atoms with van der Waals surface area (Å²) < 4.78 is 5.11. The van der Waals surface area contributed by atoms with Crippen molar-refractivity contribution in [3.63, 3.8) is 0 Å². The Hall–Kier alpha value is -2.25. The Labute approximate surface area is 181 Å². The van der Waals surface area contributed by atoms with E-state index in [4.69, 9.17) is 17.5 Å². The monoisotopic (exact) mass is 403 g/mol. The summed E-state index contributed by atoms with van der Waals surface area (Å²) in [6.45, 7) is 3.88. The molecule has 2 aliphatic rings. The fraction of sp³-hybridized carbons (Fsp3) is 0.524. The van der Waals surface area contributed by atoms with Crippen LogP contribution in [0.4, 0.5) is 23.1 Å². The molecular formula is C21H29B2N6O. The van der Waals surface area contributed by atoms with Gasteiger partial charge in [0.05, 0.1) is 0 Å². The van der Waals surface area contributed by atoms with Crippen molar-refractivity contribution in [3.05, 3.63) is 30.5 Å². The predicted octanol–water partition coefficient (Wildman–Crippen LogP) is 1.70. The molecule has 3 radical (unpaired) electrons. The summed E-state index contributed by atoms with van der Waals surface area (Å²) in [7, 11) is 11.7. The Morgan fingerprint density at radius 1 is 1.13 bits per heavy atom. The van der Waals surface area contributed by atoms with E-state index in [1.807, 2.05) is 0 Å². The van der Waals surface area contributed by atoms with Gasteiger partial charge in [-0.2, -0.15) is 4.98 Å². The maximum Gasteiger partial charge on any atom is 0.398 e. The molecule has 1 aliphatic heterocycles. The molecule has 0 amide bonds. The van der Waals surface area contributed by atoms with Crippen LogP contribution in [0.2, 0.25) is 0 Å². The molecule has 1 saturated carbocycles. The van der Waals surface area contributed by atoms with Crippen LogP contribution in [-0.2, 0) is 4.65 Å². The number of nitrogens with zero attached hydrogens (tertiary/aromatic N) is 5. The number of benzene rings is 1. The van der Waals surface area contributed by atoms with Crippen LogP contribution in [0, 0.1) is 0 Å². The number of hydrogen-bond donors (Lipinski definition) is 1. The summed E-state index contributed by atoms with van der Waals surface area (Å²) >= 11 is 0. The number of anilines is 4. The van der Waals surface area contributed by atoms with Gasteiger partial charge in [-0.15, -0.1) is 0 Å². The lowest BCUT2D eigenvalue weighted by Crippen LogP contribution is -2.48. The molecule has 1 N–H and O–H groups in total. The predicted molar refractivity (Wildman–Crippen MR) is 124 cm³/mol. The molecule has 0 bridgehead atoms. The van der Waals surface area contributed by atoms with Gasteiger partial charge in [-0.3, -0.25) is 0 Å². The topological polar surface area (TPSA) is 56.8 Å². The van der Waals surface area contributed by atoms with Gasteiger partial charge in [0, 0.05) is 63.9 Å². The van der Waals surface area contributed by atoms with Crippen molar-refractivity contribution in [2.45, 2.75) is 31.7 Å². The highest BCUT2D eigenvalue weighted by atomic mass is 16.4. The molecule has 1 aromatic carbocycles. The van der Waals surface area contributed by atoms with Crippen molar-refractivity contribution >= 4 is 44.1 Å². The molecule has 1 aliphatic carbocycles. The molecule has 1 aromatic heterocycles. The third kappa shape index (κ3) is 4.90. The standard InChI is InChI=1S/C21H29B2N6O/c1-27(17-5-3-4-6-17)20-19(22)15-24-21(26-20)25-16-7-9-18(10-8-16)28-11-13-29(14-12-28)23-30-2/h7-10,15,17H,3-6,11-14H2,1-2H3,(H,24,25,26). The first-order chi connectivity index (χ1) is 14.6. The summed E-state index contributed by atoms with van der Waals surface area (Å²) in [5, 5.41) is 3.32. The Morgan fingerprint density at radius 3 is 2.50 bits per heavy atom. The minimum absolute atomic E-state index is 0.510. The van der Waals surface area contributed by atoms with E-state index >= 15 is 0 Å². The SMILES string of the molecule is [B]c1cnc(Nc2ccc(N3CCN([B]OC)CC3)cc2)nc1N(C)C1CCCC1. The van der Waals surface area contributed by atoms with Gasteiger partial charge in [-0.1, -0.05) is 12.8 Å². The second kappa shape index (κ2) is 9.71. The maximum absolute atomic E-state index is 6.17. The molecular weight excluding hydrogens is 374 g/mol. The Balaban J connectivity index is 1.39. The van der Waals surface area contributed by atoms with E-state index in [0.717, 1.165) is 37.7 Å². The first-order valence-electron chi connectivity index (χ1n) is 10.7. The summed E-state index contributed by atoms with van der Waals surface area (Å²) in [6, 6.07) is 8.93. The van der Waals surface area contributed by atoms with E-state index in [-0.39, 0.29) is 0 Å². The lowest BCUT2D eigenvalue weighted by molar-refractivity contribution is 0.323. The quantitative estimate of drug-likeness (QED) is 0.707. The molecule has 1 saturated heterocycles. The van der Waals surface area contributed by atoms with Crippen molar-refractivity contribution in [2.75, 3.05) is 55.5 Å². The highest BCUT2D eigenvalue weighted by molar-refractivity contribution is 6.35. The first-order valence-corrected chi connectivity index (χ1v) is 10.7. The zero-order valence-electron chi connectivity index (χ0n) is 17.9. The highest BCUT2D eigenvalue weighted by Crippen LogP contribution is 2.26. The zero-order valence-corrected chi connectivity index (χ0v) is 17.9. The van der Waals surface area contributed by atoms with Gasteiger partial charge >= 0.3 is 7.62 Å². The van der Waals surface area contributed by atoms with Gasteiger partial charge < -0.3 is 24.6 Å². The molecule has 9 heteroatoms. The molecule has 2 aromatic rings. The van der Waals surface area contributed by atoms with E-state index in [2.05, 4.69) is 56.2 Å². The van der Waals surface area contributed by atoms with E-state index in [9.17, 15) is 0 Å². The highest BCUT2D eigenvalue weighted by Gasteiger charge is 2.22. The molecule has 2 fully saturated rings. The van der Waals surface area contributed by atoms with E-state index in [1.54, 1.807) is 20.9 Å². The first kappa shape index (κ1) is 21.0. The summed E-state index contributed by atoms with van der Waals surface area (Å²) in [5.41, 5.74) is 2.80. The molecule has 30 heavy (non-hydrogen) atoms. The fourth-order valence-corrected chi connectivity index (χ4v) is 4.31. The average Bonchev–Trinajstić information content (AvgIpc) is 3.31. The molecule has 4 rings (SSSR count). The second-order valence-corrected chi connectivity index (χ2v) is 8.06. The van der Waals surface area contributed by atoms with E-state index < -0.39 is 0 Å². The number of nitrogens with one attached hydrogen (secondary N) is 1. The van der Waals surface area contributed by atoms with Gasteiger partial charge in [0.25, 0.3) is 0 Å². The van der Waals surface area contributed by atoms with Crippen LogP contribution in [0.15, 0.2) is 30.5 Å². The number of aromatic nitrogens is 2. The third-order valence-corrected chi connectivity index (χ3v) is 6.06. The van der Waals surface area contributed by atoms with Crippen LogP contribution in [0.1, 0.15) is 25.7 Å². The summed E-state index contributed by atoms with van der Waals surface area (Å²) in [4.78, 5) is 15.9.